The molecule has 2 saturated heterocycles. The minimum atomic E-state index is -0.236. The molecule has 2 aliphatic rings. The molecule has 0 saturated carbocycles. The van der Waals surface area contributed by atoms with Gasteiger partial charge in [0.25, 0.3) is 0 Å². The van der Waals surface area contributed by atoms with Gasteiger partial charge in [0.2, 0.25) is 0 Å². The lowest BCUT2D eigenvalue weighted by Gasteiger charge is -2.36. The van der Waals surface area contributed by atoms with Gasteiger partial charge >= 0.3 is 5.97 Å². The van der Waals surface area contributed by atoms with Gasteiger partial charge in [-0.1, -0.05) is 12.1 Å². The first-order valence-electron chi connectivity index (χ1n) is 11.4. The quantitative estimate of drug-likeness (QED) is 0.404. The Bertz CT molecular complexity index is 739. The number of nitrogens with one attached hydrogen (secondary N) is 1. The fraction of sp³-hybridized carbons (Fsp3) is 0.652. The second-order valence-electron chi connectivity index (χ2n) is 7.95. The van der Waals surface area contributed by atoms with Gasteiger partial charge in [0, 0.05) is 32.7 Å². The van der Waals surface area contributed by atoms with Crippen LogP contribution in [0.15, 0.2) is 29.3 Å². The molecule has 2 fully saturated rings. The van der Waals surface area contributed by atoms with Crippen LogP contribution in [0, 0.1) is 11.7 Å². The molecule has 1 N–H and O–H groups in total. The Kier molecular flexibility index (Phi) is 9.09. The van der Waals surface area contributed by atoms with Crippen LogP contribution in [-0.2, 0) is 14.3 Å². The fourth-order valence-electron chi connectivity index (χ4n) is 4.26. The molecule has 3 rings (SSSR count). The van der Waals surface area contributed by atoms with Crippen molar-refractivity contribution in [1.29, 1.82) is 0 Å². The highest BCUT2D eigenvalue weighted by Crippen LogP contribution is 2.24. The maximum Gasteiger partial charge on any atom is 0.310 e. The Balaban J connectivity index is 1.77. The van der Waals surface area contributed by atoms with Crippen LogP contribution in [0.2, 0.25) is 0 Å². The number of hydrogen-bond acceptors (Lipinski definition) is 5. The minimum Gasteiger partial charge on any atom is -0.466 e. The van der Waals surface area contributed by atoms with Crippen LogP contribution in [0.5, 0.6) is 0 Å². The van der Waals surface area contributed by atoms with Crippen LogP contribution in [0.25, 0.3) is 0 Å². The lowest BCUT2D eigenvalue weighted by molar-refractivity contribution is -0.149. The van der Waals surface area contributed by atoms with Crippen molar-refractivity contribution in [3.05, 3.63) is 35.6 Å². The monoisotopic (exact) mass is 434 g/mol. The highest BCUT2D eigenvalue weighted by Gasteiger charge is 2.29. The van der Waals surface area contributed by atoms with Crippen molar-refractivity contribution < 1.29 is 18.7 Å². The van der Waals surface area contributed by atoms with Crippen molar-refractivity contribution in [2.45, 2.75) is 32.7 Å². The van der Waals surface area contributed by atoms with Crippen LogP contribution < -0.4 is 5.32 Å². The van der Waals surface area contributed by atoms with Crippen LogP contribution in [0.3, 0.4) is 0 Å². The molecule has 8 heteroatoms. The molecular formula is C23H35FN4O3. The first kappa shape index (κ1) is 23.5. The van der Waals surface area contributed by atoms with Crippen molar-refractivity contribution in [2.24, 2.45) is 10.9 Å². The Morgan fingerprint density at radius 2 is 2.13 bits per heavy atom. The summed E-state index contributed by atoms with van der Waals surface area (Å²) in [5, 5.41) is 3.37. The van der Waals surface area contributed by atoms with Crippen LogP contribution >= 0.6 is 0 Å². The molecule has 2 heterocycles. The second kappa shape index (κ2) is 12.0. The van der Waals surface area contributed by atoms with Crippen molar-refractivity contribution >= 4 is 11.9 Å². The largest absolute Gasteiger partial charge is 0.466 e. The summed E-state index contributed by atoms with van der Waals surface area (Å²) in [6.07, 6.45) is 1.76. The second-order valence-corrected chi connectivity index (χ2v) is 7.95. The van der Waals surface area contributed by atoms with Gasteiger partial charge in [-0.05, 0) is 44.4 Å². The smallest absolute Gasteiger partial charge is 0.310 e. The highest BCUT2D eigenvalue weighted by atomic mass is 19.1. The van der Waals surface area contributed by atoms with E-state index in [1.807, 2.05) is 19.9 Å². The summed E-state index contributed by atoms with van der Waals surface area (Å²) in [4.78, 5) is 21.6. The Hall–Kier alpha value is -2.19. The number of aliphatic imine (C=N–C) groups is 1. The third kappa shape index (κ3) is 6.64. The van der Waals surface area contributed by atoms with E-state index in [9.17, 15) is 9.18 Å². The summed E-state index contributed by atoms with van der Waals surface area (Å²) in [7, 11) is 0. The number of carbonyl (C=O) groups excluding carboxylic acids is 1. The van der Waals surface area contributed by atoms with Crippen molar-refractivity contribution in [1.82, 2.24) is 15.1 Å². The molecule has 0 amide bonds. The third-order valence-corrected chi connectivity index (χ3v) is 5.81. The van der Waals surface area contributed by atoms with Gasteiger partial charge in [-0.15, -0.1) is 0 Å². The third-order valence-electron chi connectivity index (χ3n) is 5.81. The Morgan fingerprint density at radius 1 is 1.32 bits per heavy atom. The lowest BCUT2D eigenvalue weighted by Crippen LogP contribution is -2.48. The predicted molar refractivity (Wildman–Crippen MR) is 118 cm³/mol. The number of piperidine rings is 1. The topological polar surface area (TPSA) is 66.4 Å². The zero-order chi connectivity index (χ0) is 22.1. The van der Waals surface area contributed by atoms with Gasteiger partial charge in [0.1, 0.15) is 5.82 Å². The Labute approximate surface area is 184 Å². The first-order valence-corrected chi connectivity index (χ1v) is 11.4. The number of nitrogens with zero attached hydrogens (tertiary/aromatic N) is 3. The van der Waals surface area contributed by atoms with Gasteiger partial charge in [-0.3, -0.25) is 14.7 Å². The summed E-state index contributed by atoms with van der Waals surface area (Å²) < 4.78 is 24.7. The van der Waals surface area contributed by atoms with E-state index in [-0.39, 0.29) is 23.7 Å². The number of hydrogen-bond donors (Lipinski definition) is 1. The highest BCUT2D eigenvalue weighted by molar-refractivity contribution is 5.81. The van der Waals surface area contributed by atoms with Gasteiger partial charge < -0.3 is 19.7 Å². The van der Waals surface area contributed by atoms with Gasteiger partial charge in [0.05, 0.1) is 38.3 Å². The van der Waals surface area contributed by atoms with Gasteiger partial charge in [-0.2, -0.15) is 0 Å². The van der Waals surface area contributed by atoms with Crippen molar-refractivity contribution in [3.8, 4) is 0 Å². The number of morpholine rings is 1. The van der Waals surface area contributed by atoms with E-state index < -0.39 is 0 Å². The van der Waals surface area contributed by atoms with Crippen LogP contribution in [0.1, 0.15) is 38.3 Å². The molecule has 1 aromatic carbocycles. The number of halogens is 1. The summed E-state index contributed by atoms with van der Waals surface area (Å²) >= 11 is 0. The molecule has 1 aromatic rings. The number of esters is 1. The molecule has 172 valence electrons. The average Bonchev–Trinajstić information content (AvgIpc) is 2.79. The number of ether oxygens (including phenoxy) is 2. The lowest BCUT2D eigenvalue weighted by atomic mass is 9.98. The molecule has 2 unspecified atom stereocenters. The molecular weight excluding hydrogens is 399 g/mol. The van der Waals surface area contributed by atoms with E-state index in [4.69, 9.17) is 14.5 Å². The standard InChI is InChI=1S/C23H35FN4O3/c1-3-25-23(28-10-6-8-19(17-28)22(29)31-4-2)26-16-21(27-11-13-30-14-12-27)18-7-5-9-20(24)15-18/h5,7,9,15,19,21H,3-4,6,8,10-14,16-17H2,1-2H3,(H,25,26). The molecule has 0 bridgehead atoms. The van der Waals surface area contributed by atoms with Crippen LogP contribution in [0.4, 0.5) is 4.39 Å². The molecule has 0 aromatic heterocycles. The van der Waals surface area contributed by atoms with Crippen molar-refractivity contribution in [2.75, 3.05) is 59.1 Å². The fourth-order valence-corrected chi connectivity index (χ4v) is 4.26. The molecule has 2 atom stereocenters. The Morgan fingerprint density at radius 3 is 2.84 bits per heavy atom. The van der Waals surface area contributed by atoms with E-state index >= 15 is 0 Å². The average molecular weight is 435 g/mol. The molecule has 0 aliphatic carbocycles. The van der Waals surface area contributed by atoms with Crippen LogP contribution in [-0.4, -0.2) is 80.8 Å². The summed E-state index contributed by atoms with van der Waals surface area (Å²) in [5.74, 6) is 0.302. The first-order chi connectivity index (χ1) is 15.1. The summed E-state index contributed by atoms with van der Waals surface area (Å²) in [6.45, 7) is 9.90. The number of likely N-dealkylation sites (tertiary alicyclic amines) is 1. The van der Waals surface area contributed by atoms with E-state index in [1.165, 1.54) is 6.07 Å². The van der Waals surface area contributed by atoms with Crippen molar-refractivity contribution in [3.63, 3.8) is 0 Å². The van der Waals surface area contributed by atoms with E-state index in [1.54, 1.807) is 12.1 Å². The maximum absolute atomic E-state index is 13.9. The number of rotatable bonds is 7. The zero-order valence-electron chi connectivity index (χ0n) is 18.7. The summed E-state index contributed by atoms with van der Waals surface area (Å²) in [6, 6.07) is 6.75. The maximum atomic E-state index is 13.9. The molecule has 7 nitrogen and oxygen atoms in total. The van der Waals surface area contributed by atoms with E-state index in [0.29, 0.717) is 32.9 Å². The van der Waals surface area contributed by atoms with E-state index in [0.717, 1.165) is 50.5 Å². The SMILES string of the molecule is CCNC(=NCC(c1cccc(F)c1)N1CCOCC1)N1CCCC(C(=O)OCC)C1. The molecule has 31 heavy (non-hydrogen) atoms. The number of carbonyl (C=O) groups is 1. The molecule has 2 aliphatic heterocycles. The molecule has 0 radical (unpaired) electrons. The van der Waals surface area contributed by atoms with Gasteiger partial charge in [-0.25, -0.2) is 4.39 Å². The van der Waals surface area contributed by atoms with Gasteiger partial charge in [0.15, 0.2) is 5.96 Å². The normalized spacial score (nSPS) is 21.6. The summed E-state index contributed by atoms with van der Waals surface area (Å²) in [5.41, 5.74) is 0.921. The molecule has 0 spiro atoms. The minimum absolute atomic E-state index is 0.0288. The zero-order valence-corrected chi connectivity index (χ0v) is 18.7. The van der Waals surface area contributed by atoms with E-state index in [2.05, 4.69) is 15.1 Å². The number of benzene rings is 1. The predicted octanol–water partition coefficient (Wildman–Crippen LogP) is 2.44. The number of guanidine groups is 1.